The van der Waals surface area contributed by atoms with Gasteiger partial charge in [0.25, 0.3) is 0 Å². The van der Waals surface area contributed by atoms with Crippen LogP contribution in [0, 0.1) is 6.92 Å². The lowest BCUT2D eigenvalue weighted by atomic mass is 10.0. The molecule has 1 saturated heterocycles. The van der Waals surface area contributed by atoms with E-state index in [1.807, 2.05) is 20.0 Å². The van der Waals surface area contributed by atoms with E-state index in [2.05, 4.69) is 14.9 Å². The molecule has 1 fully saturated rings. The molecule has 96 valence electrons. The Morgan fingerprint density at radius 1 is 1.50 bits per heavy atom. The molecule has 0 N–H and O–H groups in total. The van der Waals surface area contributed by atoms with E-state index in [1.165, 1.54) is 5.56 Å². The first-order valence-corrected chi connectivity index (χ1v) is 6.39. The quantitative estimate of drug-likeness (QED) is 0.689. The average molecular weight is 247 g/mol. The van der Waals surface area contributed by atoms with Gasteiger partial charge < -0.3 is 4.74 Å². The molecule has 0 unspecified atom stereocenters. The van der Waals surface area contributed by atoms with Gasteiger partial charge in [-0.3, -0.25) is 9.69 Å². The third kappa shape index (κ3) is 1.99. The van der Waals surface area contributed by atoms with Gasteiger partial charge in [0.05, 0.1) is 5.69 Å². The lowest BCUT2D eigenvalue weighted by molar-refractivity contribution is -0.145. The molecule has 2 atom stereocenters. The summed E-state index contributed by atoms with van der Waals surface area (Å²) in [5, 5.41) is 0. The van der Waals surface area contributed by atoms with Gasteiger partial charge in [-0.1, -0.05) is 0 Å². The second-order valence-electron chi connectivity index (χ2n) is 5.11. The van der Waals surface area contributed by atoms with Gasteiger partial charge in [0.2, 0.25) is 0 Å². The summed E-state index contributed by atoms with van der Waals surface area (Å²) in [5.41, 5.74) is 2.26. The lowest BCUT2D eigenvalue weighted by Crippen LogP contribution is -2.42. The number of aromatic nitrogens is 2. The van der Waals surface area contributed by atoms with Gasteiger partial charge in [-0.25, -0.2) is 9.97 Å². The highest BCUT2D eigenvalue weighted by molar-refractivity contribution is 5.78. The summed E-state index contributed by atoms with van der Waals surface area (Å²) in [6.07, 6.45) is 3.65. The molecule has 0 aromatic carbocycles. The van der Waals surface area contributed by atoms with Crippen molar-refractivity contribution in [2.24, 2.45) is 0 Å². The maximum Gasteiger partial charge on any atom is 0.323 e. The van der Waals surface area contributed by atoms with Crippen LogP contribution < -0.4 is 0 Å². The first-order chi connectivity index (χ1) is 8.63. The molecular weight excluding hydrogens is 230 g/mol. The first-order valence-electron chi connectivity index (χ1n) is 6.39. The van der Waals surface area contributed by atoms with Gasteiger partial charge in [0, 0.05) is 25.7 Å². The van der Waals surface area contributed by atoms with Crippen molar-refractivity contribution in [3.8, 4) is 0 Å². The summed E-state index contributed by atoms with van der Waals surface area (Å²) in [6, 6.07) is -0.0941. The molecule has 0 radical (unpaired) electrons. The highest BCUT2D eigenvalue weighted by Gasteiger charge is 2.37. The van der Waals surface area contributed by atoms with E-state index in [-0.39, 0.29) is 18.1 Å². The summed E-state index contributed by atoms with van der Waals surface area (Å²) in [7, 11) is 0. The molecule has 0 aliphatic carbocycles. The Morgan fingerprint density at radius 3 is 3.06 bits per heavy atom. The van der Waals surface area contributed by atoms with Crippen LogP contribution in [0.4, 0.5) is 0 Å². The van der Waals surface area contributed by atoms with Crippen molar-refractivity contribution in [2.45, 2.75) is 45.4 Å². The van der Waals surface area contributed by atoms with Crippen LogP contribution in [-0.4, -0.2) is 39.5 Å². The summed E-state index contributed by atoms with van der Waals surface area (Å²) in [6.45, 7) is 5.45. The van der Waals surface area contributed by atoms with Crippen molar-refractivity contribution in [2.75, 3.05) is 6.54 Å². The van der Waals surface area contributed by atoms with Crippen LogP contribution in [0.2, 0.25) is 0 Å². The largest absolute Gasteiger partial charge is 0.461 e. The molecule has 1 aromatic rings. The molecule has 1 aromatic heterocycles. The molecule has 5 nitrogen and oxygen atoms in total. The third-order valence-corrected chi connectivity index (χ3v) is 3.68. The van der Waals surface area contributed by atoms with Gasteiger partial charge in [-0.2, -0.15) is 0 Å². The minimum Gasteiger partial charge on any atom is -0.461 e. The molecular formula is C13H17N3O2. The fraction of sp³-hybridized carbons (Fsp3) is 0.615. The Kier molecular flexibility index (Phi) is 2.78. The Labute approximate surface area is 106 Å². The van der Waals surface area contributed by atoms with Crippen molar-refractivity contribution < 1.29 is 9.53 Å². The van der Waals surface area contributed by atoms with Crippen LogP contribution in [0.3, 0.4) is 0 Å². The first kappa shape index (κ1) is 11.6. The minimum atomic E-state index is -0.0941. The highest BCUT2D eigenvalue weighted by Crippen LogP contribution is 2.25. The average Bonchev–Trinajstić information content (AvgIpc) is 2.67. The Balaban J connectivity index is 1.80. The smallest absolute Gasteiger partial charge is 0.323 e. The lowest BCUT2D eigenvalue weighted by Gasteiger charge is -2.30. The Hall–Kier alpha value is -1.49. The number of esters is 1. The second kappa shape index (κ2) is 4.31. The number of hydrogen-bond donors (Lipinski definition) is 0. The Bertz CT molecular complexity index is 489. The van der Waals surface area contributed by atoms with Crippen molar-refractivity contribution in [3.05, 3.63) is 23.3 Å². The second-order valence-corrected chi connectivity index (χ2v) is 5.11. The SMILES string of the molecule is Cc1ncc2c(n1)CN([C@H]1C[C@H](C)OC1=O)CC2. The van der Waals surface area contributed by atoms with Gasteiger partial charge in [-0.05, 0) is 25.8 Å². The van der Waals surface area contributed by atoms with E-state index in [0.717, 1.165) is 37.4 Å². The molecule has 2 aliphatic rings. The number of nitrogens with zero attached hydrogens (tertiary/aromatic N) is 3. The number of fused-ring (bicyclic) bond motifs is 1. The zero-order valence-corrected chi connectivity index (χ0v) is 10.7. The highest BCUT2D eigenvalue weighted by atomic mass is 16.6. The maximum absolute atomic E-state index is 11.8. The molecule has 0 spiro atoms. The number of hydrogen-bond acceptors (Lipinski definition) is 5. The maximum atomic E-state index is 11.8. The van der Waals surface area contributed by atoms with Crippen LogP contribution in [-0.2, 0) is 22.5 Å². The molecule has 0 bridgehead atoms. The van der Waals surface area contributed by atoms with Gasteiger partial charge in [0.15, 0.2) is 0 Å². The summed E-state index contributed by atoms with van der Waals surface area (Å²) in [5.74, 6) is 0.703. The number of cyclic esters (lactones) is 1. The predicted octanol–water partition coefficient (Wildman–Crippen LogP) is 0.847. The summed E-state index contributed by atoms with van der Waals surface area (Å²) < 4.78 is 5.23. The molecule has 2 aliphatic heterocycles. The fourth-order valence-corrected chi connectivity index (χ4v) is 2.72. The van der Waals surface area contributed by atoms with Gasteiger partial charge >= 0.3 is 5.97 Å². The molecule has 18 heavy (non-hydrogen) atoms. The minimum absolute atomic E-state index is 0.0380. The fourth-order valence-electron chi connectivity index (χ4n) is 2.72. The summed E-state index contributed by atoms with van der Waals surface area (Å²) in [4.78, 5) is 22.6. The van der Waals surface area contributed by atoms with E-state index in [0.29, 0.717) is 0 Å². The number of aryl methyl sites for hydroxylation is 1. The zero-order chi connectivity index (χ0) is 12.7. The van der Waals surface area contributed by atoms with Crippen molar-refractivity contribution in [3.63, 3.8) is 0 Å². The number of carbonyl (C=O) groups is 1. The van der Waals surface area contributed by atoms with Crippen molar-refractivity contribution >= 4 is 5.97 Å². The van der Waals surface area contributed by atoms with Crippen molar-refractivity contribution in [1.29, 1.82) is 0 Å². The van der Waals surface area contributed by atoms with Crippen LogP contribution in [0.25, 0.3) is 0 Å². The number of carbonyl (C=O) groups excluding carboxylic acids is 1. The molecule has 5 heteroatoms. The van der Waals surface area contributed by atoms with Crippen molar-refractivity contribution in [1.82, 2.24) is 14.9 Å². The predicted molar refractivity (Wildman–Crippen MR) is 64.8 cm³/mol. The van der Waals surface area contributed by atoms with Gasteiger partial charge in [0.1, 0.15) is 18.0 Å². The number of ether oxygens (including phenoxy) is 1. The molecule has 0 amide bonds. The van der Waals surface area contributed by atoms with E-state index in [4.69, 9.17) is 4.74 Å². The van der Waals surface area contributed by atoms with Crippen LogP contribution in [0.5, 0.6) is 0 Å². The van der Waals surface area contributed by atoms with Crippen LogP contribution in [0.1, 0.15) is 30.4 Å². The summed E-state index contributed by atoms with van der Waals surface area (Å²) >= 11 is 0. The standard InChI is InChI=1S/C13H17N3O2/c1-8-5-12(13(17)18-8)16-4-3-10-6-14-9(2)15-11(10)7-16/h6,8,12H,3-5,7H2,1-2H3/t8-,12-/m0/s1. The Morgan fingerprint density at radius 2 is 2.33 bits per heavy atom. The molecule has 0 saturated carbocycles. The zero-order valence-electron chi connectivity index (χ0n) is 10.7. The van der Waals surface area contributed by atoms with E-state index >= 15 is 0 Å². The monoisotopic (exact) mass is 247 g/mol. The third-order valence-electron chi connectivity index (χ3n) is 3.68. The number of rotatable bonds is 1. The van der Waals surface area contributed by atoms with Crippen LogP contribution in [0.15, 0.2) is 6.20 Å². The van der Waals surface area contributed by atoms with Crippen LogP contribution >= 0.6 is 0 Å². The van der Waals surface area contributed by atoms with E-state index in [9.17, 15) is 4.79 Å². The molecule has 3 rings (SSSR count). The molecule has 3 heterocycles. The normalized spacial score (nSPS) is 28.0. The van der Waals surface area contributed by atoms with Gasteiger partial charge in [-0.15, -0.1) is 0 Å². The van der Waals surface area contributed by atoms with E-state index < -0.39 is 0 Å². The topological polar surface area (TPSA) is 55.3 Å². The van der Waals surface area contributed by atoms with E-state index in [1.54, 1.807) is 0 Å².